The third kappa shape index (κ3) is 5.18. The smallest absolute Gasteiger partial charge is 0.384 e. The molecule has 124 valence electrons. The van der Waals surface area contributed by atoms with Crippen LogP contribution in [0.3, 0.4) is 0 Å². The maximum atomic E-state index is 13.0. The van der Waals surface area contributed by atoms with Gasteiger partial charge in [0.2, 0.25) is 0 Å². The van der Waals surface area contributed by atoms with E-state index in [9.17, 15) is 21.6 Å². The van der Waals surface area contributed by atoms with Gasteiger partial charge < -0.3 is 5.32 Å². The topological polar surface area (TPSA) is 46.2 Å². The van der Waals surface area contributed by atoms with Gasteiger partial charge in [0.05, 0.1) is 10.5 Å². The third-order valence-electron chi connectivity index (χ3n) is 2.95. The lowest BCUT2D eigenvalue weighted by atomic mass is 10.1. The van der Waals surface area contributed by atoms with Crippen molar-refractivity contribution in [2.75, 3.05) is 17.6 Å². The molecule has 0 spiro atoms. The van der Waals surface area contributed by atoms with Gasteiger partial charge in [-0.1, -0.05) is 18.2 Å². The van der Waals surface area contributed by atoms with Crippen molar-refractivity contribution in [3.05, 3.63) is 54.1 Å². The second-order valence-electron chi connectivity index (χ2n) is 4.57. The Bertz CT molecular complexity index is 723. The van der Waals surface area contributed by atoms with Crippen LogP contribution in [-0.2, 0) is 16.9 Å². The summed E-state index contributed by atoms with van der Waals surface area (Å²) in [5.74, 6) is 0.582. The molecule has 0 aliphatic rings. The molecule has 2 rings (SSSR count). The van der Waals surface area contributed by atoms with E-state index in [0.717, 1.165) is 17.0 Å². The minimum Gasteiger partial charge on any atom is -0.384 e. The highest BCUT2D eigenvalue weighted by molar-refractivity contribution is 7.99. The number of nitrogens with one attached hydrogen (secondary N) is 1. The summed E-state index contributed by atoms with van der Waals surface area (Å²) >= 11 is 1.52. The number of hydrogen-bond donors (Lipinski definition) is 2. The van der Waals surface area contributed by atoms with Crippen molar-refractivity contribution in [3.63, 3.8) is 0 Å². The average molecular weight is 361 g/mol. The van der Waals surface area contributed by atoms with E-state index < -0.39 is 22.4 Å². The van der Waals surface area contributed by atoms with Crippen LogP contribution in [0.15, 0.2) is 58.3 Å². The number of thiol groups is 1. The maximum Gasteiger partial charge on any atom is 0.418 e. The van der Waals surface area contributed by atoms with Gasteiger partial charge in [0, 0.05) is 22.9 Å². The van der Waals surface area contributed by atoms with Crippen LogP contribution in [0, 0.1) is 0 Å². The molecule has 1 N–H and O–H groups in total. The zero-order valence-corrected chi connectivity index (χ0v) is 13.5. The molecular formula is C15H14F3NO2S2. The molecule has 0 radical (unpaired) electrons. The summed E-state index contributed by atoms with van der Waals surface area (Å²) in [5, 5.41) is 2.72. The van der Waals surface area contributed by atoms with E-state index in [4.69, 9.17) is 0 Å². The van der Waals surface area contributed by atoms with Gasteiger partial charge in [-0.15, -0.1) is 11.8 Å². The summed E-state index contributed by atoms with van der Waals surface area (Å²) < 4.78 is 60.8. The Labute approximate surface area is 137 Å². The van der Waals surface area contributed by atoms with Crippen LogP contribution < -0.4 is 5.32 Å². The van der Waals surface area contributed by atoms with E-state index in [1.54, 1.807) is 0 Å². The van der Waals surface area contributed by atoms with Gasteiger partial charge >= 0.3 is 6.18 Å². The van der Waals surface area contributed by atoms with Crippen LogP contribution in [0.4, 0.5) is 18.9 Å². The molecule has 8 heteroatoms. The molecule has 0 amide bonds. The summed E-state index contributed by atoms with van der Waals surface area (Å²) in [6, 6.07) is 12.5. The third-order valence-corrected chi connectivity index (χ3v) is 4.66. The number of alkyl halides is 3. The molecular weight excluding hydrogens is 347 g/mol. The molecule has 0 fully saturated rings. The van der Waals surface area contributed by atoms with Crippen LogP contribution in [0.1, 0.15) is 5.56 Å². The number of hydrogen-bond acceptors (Lipinski definition) is 4. The Balaban J connectivity index is 2.04. The summed E-state index contributed by atoms with van der Waals surface area (Å²) in [7, 11) is -3.05. The lowest BCUT2D eigenvalue weighted by Gasteiger charge is -2.15. The molecule has 2 aromatic rings. The van der Waals surface area contributed by atoms with E-state index in [1.165, 1.54) is 11.8 Å². The van der Waals surface area contributed by atoms with Crippen molar-refractivity contribution in [2.45, 2.75) is 16.0 Å². The fourth-order valence-electron chi connectivity index (χ4n) is 1.91. The molecule has 0 bridgehead atoms. The van der Waals surface area contributed by atoms with E-state index >= 15 is 0 Å². The number of benzene rings is 2. The van der Waals surface area contributed by atoms with Crippen molar-refractivity contribution >= 4 is 28.2 Å². The quantitative estimate of drug-likeness (QED) is 0.466. The van der Waals surface area contributed by atoms with Gasteiger partial charge in [-0.25, -0.2) is 8.42 Å². The molecule has 0 aromatic heterocycles. The van der Waals surface area contributed by atoms with Crippen LogP contribution in [0.5, 0.6) is 0 Å². The Morgan fingerprint density at radius 3 is 2.35 bits per heavy atom. The molecule has 23 heavy (non-hydrogen) atoms. The van der Waals surface area contributed by atoms with Crippen molar-refractivity contribution in [1.82, 2.24) is 0 Å². The second kappa shape index (κ2) is 7.74. The van der Waals surface area contributed by atoms with Gasteiger partial charge in [0.15, 0.2) is 10.7 Å². The molecule has 0 saturated heterocycles. The number of rotatable bonds is 6. The van der Waals surface area contributed by atoms with E-state index in [-0.39, 0.29) is 10.6 Å². The summed E-state index contributed by atoms with van der Waals surface area (Å²) in [6.07, 6.45) is -4.61. The van der Waals surface area contributed by atoms with Crippen LogP contribution >= 0.6 is 11.8 Å². The zero-order valence-electron chi connectivity index (χ0n) is 11.8. The highest BCUT2D eigenvalue weighted by Crippen LogP contribution is 2.35. The zero-order chi connectivity index (χ0) is 16.9. The summed E-state index contributed by atoms with van der Waals surface area (Å²) in [5.41, 5.74) is -1.09. The van der Waals surface area contributed by atoms with Gasteiger partial charge in [-0.3, -0.25) is 0 Å². The van der Waals surface area contributed by atoms with Crippen molar-refractivity contribution < 1.29 is 21.6 Å². The first-order valence-corrected chi connectivity index (χ1v) is 8.81. The SMILES string of the molecule is O=[SH](=O)c1ccc(NCCSc2ccccc2)c(C(F)(F)F)c1. The molecule has 0 atom stereocenters. The number of thioether (sulfide) groups is 1. The van der Waals surface area contributed by atoms with Gasteiger partial charge in [-0.05, 0) is 30.3 Å². The molecule has 0 aliphatic carbocycles. The predicted octanol–water partition coefficient (Wildman–Crippen LogP) is 3.88. The van der Waals surface area contributed by atoms with Gasteiger partial charge in [0.25, 0.3) is 0 Å². The molecule has 0 unspecified atom stereocenters. The Kier molecular flexibility index (Phi) is 5.95. The summed E-state index contributed by atoms with van der Waals surface area (Å²) in [6.45, 7) is 0.325. The standard InChI is InChI=1S/C15H14F3NO2S2/c16-15(17,18)13-10-12(23(20)21)6-7-14(13)19-8-9-22-11-4-2-1-3-5-11/h1-7,10,19,23H,8-9H2. The Morgan fingerprint density at radius 1 is 1.04 bits per heavy atom. The van der Waals surface area contributed by atoms with Crippen LogP contribution in [0.2, 0.25) is 0 Å². The predicted molar refractivity (Wildman–Crippen MR) is 85.7 cm³/mol. The van der Waals surface area contributed by atoms with Gasteiger partial charge in [0.1, 0.15) is 0 Å². The average Bonchev–Trinajstić information content (AvgIpc) is 2.51. The Hall–Kier alpha value is -1.67. The summed E-state index contributed by atoms with van der Waals surface area (Å²) in [4.78, 5) is 0.681. The maximum absolute atomic E-state index is 13.0. The molecule has 0 saturated carbocycles. The van der Waals surface area contributed by atoms with Gasteiger partial charge in [-0.2, -0.15) is 13.2 Å². The first kappa shape index (κ1) is 17.7. The van der Waals surface area contributed by atoms with Crippen molar-refractivity contribution in [3.8, 4) is 0 Å². The fraction of sp³-hybridized carbons (Fsp3) is 0.200. The van der Waals surface area contributed by atoms with Crippen LogP contribution in [-0.4, -0.2) is 20.7 Å². The minimum atomic E-state index is -4.61. The largest absolute Gasteiger partial charge is 0.418 e. The van der Waals surface area contributed by atoms with E-state index in [0.29, 0.717) is 18.4 Å². The highest BCUT2D eigenvalue weighted by atomic mass is 32.2. The monoisotopic (exact) mass is 361 g/mol. The molecule has 2 aromatic carbocycles. The lowest BCUT2D eigenvalue weighted by Crippen LogP contribution is -2.13. The molecule has 0 heterocycles. The van der Waals surface area contributed by atoms with E-state index in [2.05, 4.69) is 5.32 Å². The van der Waals surface area contributed by atoms with E-state index in [1.807, 2.05) is 30.3 Å². The Morgan fingerprint density at radius 2 is 1.74 bits per heavy atom. The molecule has 3 nitrogen and oxygen atoms in total. The number of anilines is 1. The fourth-order valence-corrected chi connectivity index (χ4v) is 3.13. The second-order valence-corrected chi connectivity index (χ2v) is 6.77. The minimum absolute atomic E-state index is 0.119. The van der Waals surface area contributed by atoms with Crippen LogP contribution in [0.25, 0.3) is 0 Å². The highest BCUT2D eigenvalue weighted by Gasteiger charge is 2.34. The first-order chi connectivity index (χ1) is 10.9. The van der Waals surface area contributed by atoms with Crippen molar-refractivity contribution in [1.29, 1.82) is 0 Å². The van der Waals surface area contributed by atoms with Crippen molar-refractivity contribution in [2.24, 2.45) is 0 Å². The molecule has 0 aliphatic heterocycles. The normalized spacial score (nSPS) is 11.7. The lowest BCUT2D eigenvalue weighted by molar-refractivity contribution is -0.137. The number of halogens is 3. The first-order valence-electron chi connectivity index (χ1n) is 6.65.